The molecule has 3 aromatic rings. The van der Waals surface area contributed by atoms with Crippen molar-refractivity contribution in [3.05, 3.63) is 65.6 Å². The molecule has 0 aliphatic heterocycles. The van der Waals surface area contributed by atoms with Crippen LogP contribution in [0.5, 0.6) is 0 Å². The third kappa shape index (κ3) is 2.46. The van der Waals surface area contributed by atoms with E-state index in [4.69, 9.17) is 11.6 Å². The molecule has 4 nitrogen and oxygen atoms in total. The van der Waals surface area contributed by atoms with E-state index in [2.05, 4.69) is 15.3 Å². The Bertz CT molecular complexity index is 789. The fourth-order valence-corrected chi connectivity index (χ4v) is 2.09. The minimum absolute atomic E-state index is 0.286. The van der Waals surface area contributed by atoms with Gasteiger partial charge in [-0.15, -0.1) is 0 Å². The lowest BCUT2D eigenvalue weighted by molar-refractivity contribution is 0.102. The van der Waals surface area contributed by atoms with Gasteiger partial charge in [-0.25, -0.2) is 0 Å². The lowest BCUT2D eigenvalue weighted by Gasteiger charge is -2.07. The van der Waals surface area contributed by atoms with Gasteiger partial charge in [-0.05, 0) is 30.3 Å². The van der Waals surface area contributed by atoms with E-state index in [0.717, 1.165) is 10.9 Å². The molecule has 0 radical (unpaired) electrons. The molecule has 5 heteroatoms. The van der Waals surface area contributed by atoms with Gasteiger partial charge in [-0.1, -0.05) is 17.7 Å². The number of carbonyl (C=O) groups is 1. The molecule has 0 bridgehead atoms. The highest BCUT2D eigenvalue weighted by Gasteiger charge is 2.10. The van der Waals surface area contributed by atoms with Crippen molar-refractivity contribution in [3.8, 4) is 0 Å². The number of amides is 1. The minimum Gasteiger partial charge on any atom is -0.322 e. The molecule has 0 spiro atoms. The standard InChI is InChI=1S/C15H10ClN3O/c16-13-5-7-17-9-12(13)15(20)19-11-3-4-14-10(8-11)2-1-6-18-14/h1-9H,(H,19,20). The summed E-state index contributed by atoms with van der Waals surface area (Å²) >= 11 is 5.97. The smallest absolute Gasteiger partial charge is 0.258 e. The van der Waals surface area contributed by atoms with Crippen LogP contribution in [0, 0.1) is 0 Å². The quantitative estimate of drug-likeness (QED) is 0.783. The van der Waals surface area contributed by atoms with Crippen molar-refractivity contribution in [2.75, 3.05) is 5.32 Å². The summed E-state index contributed by atoms with van der Waals surface area (Å²) in [5.74, 6) is -0.286. The van der Waals surface area contributed by atoms with Crippen LogP contribution in [0.2, 0.25) is 5.02 Å². The van der Waals surface area contributed by atoms with Gasteiger partial charge in [0, 0.05) is 29.7 Å². The molecule has 1 N–H and O–H groups in total. The van der Waals surface area contributed by atoms with Gasteiger partial charge in [0.25, 0.3) is 5.91 Å². The third-order valence-corrected chi connectivity index (χ3v) is 3.20. The Kier molecular flexibility index (Phi) is 3.31. The second-order valence-electron chi connectivity index (χ2n) is 4.22. The zero-order valence-corrected chi connectivity index (χ0v) is 11.1. The highest BCUT2D eigenvalue weighted by atomic mass is 35.5. The number of carbonyl (C=O) groups excluding carboxylic acids is 1. The van der Waals surface area contributed by atoms with Crippen molar-refractivity contribution >= 4 is 34.1 Å². The second-order valence-corrected chi connectivity index (χ2v) is 4.63. The van der Waals surface area contributed by atoms with Crippen LogP contribution < -0.4 is 5.32 Å². The number of hydrogen-bond donors (Lipinski definition) is 1. The highest BCUT2D eigenvalue weighted by molar-refractivity contribution is 6.34. The molecule has 0 saturated heterocycles. The number of aromatic nitrogens is 2. The van der Waals surface area contributed by atoms with Gasteiger partial charge in [0.2, 0.25) is 0 Å². The molecule has 98 valence electrons. The van der Waals surface area contributed by atoms with Gasteiger partial charge in [-0.3, -0.25) is 14.8 Å². The summed E-state index contributed by atoms with van der Waals surface area (Å²) in [5.41, 5.74) is 1.92. The van der Waals surface area contributed by atoms with Crippen molar-refractivity contribution in [2.24, 2.45) is 0 Å². The molecule has 2 heterocycles. The lowest BCUT2D eigenvalue weighted by atomic mass is 10.2. The summed E-state index contributed by atoms with van der Waals surface area (Å²) in [6.45, 7) is 0. The van der Waals surface area contributed by atoms with Crippen LogP contribution in [0.1, 0.15) is 10.4 Å². The van der Waals surface area contributed by atoms with E-state index in [1.807, 2.05) is 24.3 Å². The SMILES string of the molecule is O=C(Nc1ccc2ncccc2c1)c1cnccc1Cl. The zero-order valence-electron chi connectivity index (χ0n) is 10.4. The van der Waals surface area contributed by atoms with Crippen molar-refractivity contribution in [1.29, 1.82) is 0 Å². The number of hydrogen-bond acceptors (Lipinski definition) is 3. The van der Waals surface area contributed by atoms with Gasteiger partial charge < -0.3 is 5.32 Å². The number of fused-ring (bicyclic) bond motifs is 1. The minimum atomic E-state index is -0.286. The molecule has 0 aliphatic rings. The summed E-state index contributed by atoms with van der Waals surface area (Å²) in [6.07, 6.45) is 4.72. The van der Waals surface area contributed by atoms with E-state index in [1.54, 1.807) is 24.5 Å². The third-order valence-electron chi connectivity index (χ3n) is 2.87. The molecule has 0 aliphatic carbocycles. The second kappa shape index (κ2) is 5.27. The van der Waals surface area contributed by atoms with Crippen molar-refractivity contribution in [2.45, 2.75) is 0 Å². The number of benzene rings is 1. The summed E-state index contributed by atoms with van der Waals surface area (Å²) < 4.78 is 0. The van der Waals surface area contributed by atoms with Crippen molar-refractivity contribution in [1.82, 2.24) is 9.97 Å². The van der Waals surface area contributed by atoms with E-state index in [1.165, 1.54) is 6.20 Å². The Labute approximate surface area is 120 Å². The van der Waals surface area contributed by atoms with Gasteiger partial charge in [0.05, 0.1) is 16.1 Å². The fraction of sp³-hybridized carbons (Fsp3) is 0. The summed E-state index contributed by atoms with van der Waals surface area (Å²) in [5, 5.41) is 4.14. The maximum absolute atomic E-state index is 12.1. The molecule has 0 saturated carbocycles. The molecular weight excluding hydrogens is 274 g/mol. The number of rotatable bonds is 2. The Morgan fingerprint density at radius 3 is 2.90 bits per heavy atom. The van der Waals surface area contributed by atoms with Gasteiger partial charge in [0.1, 0.15) is 0 Å². The van der Waals surface area contributed by atoms with Crippen LogP contribution in [0.4, 0.5) is 5.69 Å². The molecule has 1 amide bonds. The van der Waals surface area contributed by atoms with Crippen molar-refractivity contribution < 1.29 is 4.79 Å². The average molecular weight is 284 g/mol. The Morgan fingerprint density at radius 2 is 2.05 bits per heavy atom. The number of nitrogens with zero attached hydrogens (tertiary/aromatic N) is 2. The average Bonchev–Trinajstić information content (AvgIpc) is 2.47. The summed E-state index contributed by atoms with van der Waals surface area (Å²) in [4.78, 5) is 20.3. The van der Waals surface area contributed by atoms with Crippen LogP contribution in [0.25, 0.3) is 10.9 Å². The largest absolute Gasteiger partial charge is 0.322 e. The predicted molar refractivity (Wildman–Crippen MR) is 78.9 cm³/mol. The first-order valence-electron chi connectivity index (χ1n) is 6.00. The Balaban J connectivity index is 1.89. The van der Waals surface area contributed by atoms with Crippen LogP contribution in [0.15, 0.2) is 55.0 Å². The topological polar surface area (TPSA) is 54.9 Å². The number of nitrogens with one attached hydrogen (secondary N) is 1. The Hall–Kier alpha value is -2.46. The zero-order chi connectivity index (χ0) is 13.9. The van der Waals surface area contributed by atoms with E-state index < -0.39 is 0 Å². The van der Waals surface area contributed by atoms with E-state index in [0.29, 0.717) is 16.3 Å². The monoisotopic (exact) mass is 283 g/mol. The van der Waals surface area contributed by atoms with E-state index in [9.17, 15) is 4.79 Å². The molecule has 20 heavy (non-hydrogen) atoms. The van der Waals surface area contributed by atoms with Crippen molar-refractivity contribution in [3.63, 3.8) is 0 Å². The molecule has 2 aromatic heterocycles. The number of anilines is 1. The molecule has 1 aromatic carbocycles. The van der Waals surface area contributed by atoms with Crippen LogP contribution in [-0.2, 0) is 0 Å². The van der Waals surface area contributed by atoms with Gasteiger partial charge in [0.15, 0.2) is 0 Å². The van der Waals surface area contributed by atoms with Gasteiger partial charge >= 0.3 is 0 Å². The number of halogens is 1. The molecule has 0 atom stereocenters. The van der Waals surface area contributed by atoms with Crippen LogP contribution in [-0.4, -0.2) is 15.9 Å². The molecule has 3 rings (SSSR count). The van der Waals surface area contributed by atoms with E-state index >= 15 is 0 Å². The lowest BCUT2D eigenvalue weighted by Crippen LogP contribution is -2.12. The summed E-state index contributed by atoms with van der Waals surface area (Å²) in [6, 6.07) is 10.9. The van der Waals surface area contributed by atoms with Gasteiger partial charge in [-0.2, -0.15) is 0 Å². The Morgan fingerprint density at radius 1 is 1.15 bits per heavy atom. The maximum atomic E-state index is 12.1. The van der Waals surface area contributed by atoms with Crippen LogP contribution in [0.3, 0.4) is 0 Å². The highest BCUT2D eigenvalue weighted by Crippen LogP contribution is 2.19. The maximum Gasteiger partial charge on any atom is 0.258 e. The molecular formula is C15H10ClN3O. The van der Waals surface area contributed by atoms with E-state index in [-0.39, 0.29) is 5.91 Å². The molecule has 0 fully saturated rings. The predicted octanol–water partition coefficient (Wildman–Crippen LogP) is 3.54. The normalized spacial score (nSPS) is 10.4. The first kappa shape index (κ1) is 12.6. The first-order valence-corrected chi connectivity index (χ1v) is 6.37. The summed E-state index contributed by atoms with van der Waals surface area (Å²) in [7, 11) is 0. The fourth-order valence-electron chi connectivity index (χ4n) is 1.90. The first-order chi connectivity index (χ1) is 9.74. The van der Waals surface area contributed by atoms with Crippen LogP contribution >= 0.6 is 11.6 Å². The molecule has 0 unspecified atom stereocenters. The number of pyridine rings is 2.